The van der Waals surface area contributed by atoms with Crippen molar-refractivity contribution in [3.8, 4) is 0 Å². The van der Waals surface area contributed by atoms with Gasteiger partial charge in [0.25, 0.3) is 0 Å². The van der Waals surface area contributed by atoms with E-state index in [1.165, 1.54) is 6.42 Å². The molecule has 0 amide bonds. The first-order valence-corrected chi connectivity index (χ1v) is 6.34. The van der Waals surface area contributed by atoms with Gasteiger partial charge in [0.2, 0.25) is 0 Å². The topological polar surface area (TPSA) is 34.1 Å². The van der Waals surface area contributed by atoms with Crippen LogP contribution in [0.15, 0.2) is 0 Å². The molecular formula is C6H14Cl2O2S. The summed E-state index contributed by atoms with van der Waals surface area (Å²) in [4.78, 5) is 0. The largest absolute Gasteiger partial charge is 0.317 e. The van der Waals surface area contributed by atoms with E-state index in [0.717, 1.165) is 0 Å². The molecule has 11 heavy (non-hydrogen) atoms. The van der Waals surface area contributed by atoms with Crippen LogP contribution in [0.1, 0.15) is 34.1 Å². The molecule has 2 nitrogen and oxygen atoms in total. The Bertz CT molecular complexity index is 171. The van der Waals surface area contributed by atoms with E-state index in [2.05, 4.69) is 49.1 Å². The van der Waals surface area contributed by atoms with Crippen molar-refractivity contribution in [1.29, 1.82) is 0 Å². The number of hydrogen-bond acceptors (Lipinski definition) is 2. The Morgan fingerprint density at radius 1 is 1.18 bits per heavy atom. The quantitative estimate of drug-likeness (QED) is 0.589. The normalized spacial score (nSPS) is 11.8. The maximum atomic E-state index is 9.16. The molecule has 0 fully saturated rings. The summed E-state index contributed by atoms with van der Waals surface area (Å²) in [5.41, 5.74) is 0.542. The lowest BCUT2D eigenvalue weighted by Crippen LogP contribution is -2.00. The molecule has 0 radical (unpaired) electrons. The van der Waals surface area contributed by atoms with Crippen LogP contribution in [0.2, 0.25) is 0 Å². The molecule has 70 valence electrons. The van der Waals surface area contributed by atoms with Crippen LogP contribution in [0, 0.1) is 5.41 Å². The first-order chi connectivity index (χ1) is 4.56. The second-order valence-electron chi connectivity index (χ2n) is 3.29. The Morgan fingerprint density at radius 3 is 1.27 bits per heavy atom. The minimum Gasteiger partial charge on any atom is -0.195 e. The predicted molar refractivity (Wildman–Crippen MR) is 50.4 cm³/mol. The number of rotatable bonds is 0. The first kappa shape index (κ1) is 14.1. The molecule has 0 bridgehead atoms. The Kier molecular flexibility index (Phi) is 6.69. The van der Waals surface area contributed by atoms with Gasteiger partial charge in [0, 0.05) is 21.4 Å². The smallest absolute Gasteiger partial charge is 0.195 e. The van der Waals surface area contributed by atoms with Crippen molar-refractivity contribution in [3.05, 3.63) is 0 Å². The van der Waals surface area contributed by atoms with Crippen molar-refractivity contribution in [2.75, 3.05) is 0 Å². The Morgan fingerprint density at radius 2 is 1.27 bits per heavy atom. The summed E-state index contributed by atoms with van der Waals surface area (Å²) in [5, 5.41) is 0. The van der Waals surface area contributed by atoms with E-state index in [4.69, 9.17) is 8.42 Å². The first-order valence-electron chi connectivity index (χ1n) is 3.20. The van der Waals surface area contributed by atoms with Crippen LogP contribution in [0.5, 0.6) is 0 Å². The van der Waals surface area contributed by atoms with Gasteiger partial charge in [-0.25, -0.2) is 0 Å². The summed E-state index contributed by atoms with van der Waals surface area (Å²) in [5.74, 6) is 0. The fraction of sp³-hybridized carbons (Fsp3) is 1.00. The Balaban J connectivity index is 0. The van der Waals surface area contributed by atoms with E-state index < -0.39 is 8.26 Å². The molecule has 0 aromatic heterocycles. The fourth-order valence-corrected chi connectivity index (χ4v) is 0. The Labute approximate surface area is 77.8 Å². The van der Waals surface area contributed by atoms with Gasteiger partial charge in [-0.05, 0) is 5.41 Å². The highest BCUT2D eigenvalue weighted by atomic mass is 36.0. The third kappa shape index (κ3) is 61.5. The van der Waals surface area contributed by atoms with Crippen LogP contribution in [0.25, 0.3) is 0 Å². The van der Waals surface area contributed by atoms with Gasteiger partial charge < -0.3 is 0 Å². The zero-order chi connectivity index (χ0) is 9.71. The molecule has 0 saturated heterocycles. The van der Waals surface area contributed by atoms with Crippen molar-refractivity contribution in [1.82, 2.24) is 0 Å². The summed E-state index contributed by atoms with van der Waals surface area (Å²) >= 11 is 0. The Hall–Kier alpha value is 0.530. The van der Waals surface area contributed by atoms with Gasteiger partial charge in [0.05, 0.1) is 0 Å². The fourth-order valence-electron chi connectivity index (χ4n) is 0. The molecule has 0 aliphatic heterocycles. The summed E-state index contributed by atoms with van der Waals surface area (Å²) in [7, 11) is 4.81. The summed E-state index contributed by atoms with van der Waals surface area (Å²) < 4.78 is 18.3. The van der Waals surface area contributed by atoms with E-state index >= 15 is 0 Å². The monoisotopic (exact) mass is 220 g/mol. The van der Waals surface area contributed by atoms with E-state index in [9.17, 15) is 0 Å². The van der Waals surface area contributed by atoms with E-state index in [1.807, 2.05) is 0 Å². The maximum absolute atomic E-state index is 9.16. The third-order valence-corrected chi connectivity index (χ3v) is 1.06. The second-order valence-corrected chi connectivity index (χ2v) is 6.96. The summed E-state index contributed by atoms with van der Waals surface area (Å²) in [6.45, 7) is 8.94. The predicted octanol–water partition coefficient (Wildman–Crippen LogP) is 3.15. The molecule has 0 rings (SSSR count). The summed E-state index contributed by atoms with van der Waals surface area (Å²) in [6.07, 6.45) is 1.27. The molecule has 0 unspecified atom stereocenters. The highest BCUT2D eigenvalue weighted by Crippen LogP contribution is 2.16. The van der Waals surface area contributed by atoms with Gasteiger partial charge in [-0.3, -0.25) is 0 Å². The molecule has 0 aromatic carbocycles. The standard InChI is InChI=1S/C6H14.Cl2O2S/c1-5-6(2,3)4;1-5(2,3)4/h5H2,1-4H3;. The van der Waals surface area contributed by atoms with Crippen LogP contribution in [-0.2, 0) is 8.26 Å². The van der Waals surface area contributed by atoms with Gasteiger partial charge >= 0.3 is 8.26 Å². The molecule has 0 spiro atoms. The van der Waals surface area contributed by atoms with Crippen molar-refractivity contribution >= 4 is 29.6 Å². The number of hydrogen-bond donors (Lipinski definition) is 0. The van der Waals surface area contributed by atoms with Crippen LogP contribution < -0.4 is 0 Å². The molecule has 0 aliphatic rings. The average molecular weight is 221 g/mol. The molecular weight excluding hydrogens is 207 g/mol. The van der Waals surface area contributed by atoms with Crippen LogP contribution >= 0.6 is 21.4 Å². The van der Waals surface area contributed by atoms with Crippen molar-refractivity contribution in [2.45, 2.75) is 34.1 Å². The van der Waals surface area contributed by atoms with Gasteiger partial charge in [0.15, 0.2) is 0 Å². The van der Waals surface area contributed by atoms with Crippen molar-refractivity contribution in [2.24, 2.45) is 5.41 Å². The SMILES string of the molecule is CCC(C)(C)C.O=S(=O)(Cl)Cl. The van der Waals surface area contributed by atoms with Gasteiger partial charge in [-0.1, -0.05) is 34.1 Å². The van der Waals surface area contributed by atoms with Crippen molar-refractivity contribution in [3.63, 3.8) is 0 Å². The molecule has 0 atom stereocenters. The summed E-state index contributed by atoms with van der Waals surface area (Å²) in [6, 6.07) is 0. The lowest BCUT2D eigenvalue weighted by molar-refractivity contribution is 0.398. The van der Waals surface area contributed by atoms with Gasteiger partial charge in [-0.15, -0.1) is 0 Å². The van der Waals surface area contributed by atoms with Crippen LogP contribution in [-0.4, -0.2) is 8.42 Å². The molecule has 0 heterocycles. The second kappa shape index (κ2) is 5.22. The average Bonchev–Trinajstić information content (AvgIpc) is 1.59. The minimum atomic E-state index is -3.72. The highest BCUT2D eigenvalue weighted by molar-refractivity contribution is 8.31. The minimum absolute atomic E-state index is 0.542. The molecule has 0 saturated carbocycles. The van der Waals surface area contributed by atoms with Crippen LogP contribution in [0.3, 0.4) is 0 Å². The molecule has 0 aliphatic carbocycles. The zero-order valence-corrected chi connectivity index (χ0v) is 9.52. The zero-order valence-electron chi connectivity index (χ0n) is 7.19. The third-order valence-electron chi connectivity index (χ3n) is 1.06. The van der Waals surface area contributed by atoms with E-state index in [-0.39, 0.29) is 0 Å². The highest BCUT2D eigenvalue weighted by Gasteiger charge is 2.03. The molecule has 0 N–H and O–H groups in total. The lowest BCUT2D eigenvalue weighted by atomic mass is 9.94. The van der Waals surface area contributed by atoms with Gasteiger partial charge in [0.1, 0.15) is 0 Å². The number of halogens is 2. The van der Waals surface area contributed by atoms with Crippen LogP contribution in [0.4, 0.5) is 0 Å². The lowest BCUT2D eigenvalue weighted by Gasteiger charge is -2.12. The van der Waals surface area contributed by atoms with Gasteiger partial charge in [-0.2, -0.15) is 8.42 Å². The molecule has 0 aromatic rings. The van der Waals surface area contributed by atoms with Crippen molar-refractivity contribution < 1.29 is 8.42 Å². The maximum Gasteiger partial charge on any atom is 0.317 e. The van der Waals surface area contributed by atoms with E-state index in [1.54, 1.807) is 0 Å². The van der Waals surface area contributed by atoms with E-state index in [0.29, 0.717) is 5.41 Å². The molecule has 5 heteroatoms.